The molecule has 0 aliphatic carbocycles. The van der Waals surface area contributed by atoms with Gasteiger partial charge in [0.1, 0.15) is 17.3 Å². The molecule has 200 valence electrons. The number of anilines is 1. The molecule has 2 aromatic carbocycles. The summed E-state index contributed by atoms with van der Waals surface area (Å²) in [5, 5.41) is 18.9. The number of ether oxygens (including phenoxy) is 2. The lowest BCUT2D eigenvalue weighted by Gasteiger charge is -2.12. The summed E-state index contributed by atoms with van der Waals surface area (Å²) in [5.74, 6) is 0.415. The molecule has 0 unspecified atom stereocenters. The summed E-state index contributed by atoms with van der Waals surface area (Å²) in [6.07, 6.45) is 1.60. The molecule has 0 saturated heterocycles. The van der Waals surface area contributed by atoms with Gasteiger partial charge in [0.2, 0.25) is 0 Å². The summed E-state index contributed by atoms with van der Waals surface area (Å²) < 4.78 is 10.7. The lowest BCUT2D eigenvalue weighted by Crippen LogP contribution is -2.21. The quantitative estimate of drug-likeness (QED) is 0.210. The molecule has 0 spiro atoms. The summed E-state index contributed by atoms with van der Waals surface area (Å²) in [7, 11) is 1.61. The Kier molecular flexibility index (Phi) is 9.63. The summed E-state index contributed by atoms with van der Waals surface area (Å²) in [4.78, 5) is 21.8. The highest BCUT2D eigenvalue weighted by Crippen LogP contribution is 2.26. The van der Waals surface area contributed by atoms with E-state index >= 15 is 0 Å². The smallest absolute Gasteiger partial charge is 0.263 e. The average Bonchev–Trinajstić information content (AvgIpc) is 2.99. The number of nitrogens with one attached hydrogen (secondary N) is 3. The minimum absolute atomic E-state index is 0.211. The highest BCUT2D eigenvalue weighted by Gasteiger charge is 2.12. The molecule has 0 radical (unpaired) electrons. The fourth-order valence-electron chi connectivity index (χ4n) is 3.77. The molecule has 2 aromatic heterocycles. The van der Waals surface area contributed by atoms with E-state index in [-0.39, 0.29) is 12.4 Å². The SMILES string of the molecule is COCc1cccc(CN/C=C(\N=N)c2cc(NC(=O)COc3ccccc3)nc(-c3cccc(C#N)c3)c2)n1. The van der Waals surface area contributed by atoms with E-state index in [2.05, 4.69) is 31.8 Å². The van der Waals surface area contributed by atoms with Gasteiger partial charge in [-0.2, -0.15) is 10.4 Å². The van der Waals surface area contributed by atoms with Crippen molar-refractivity contribution in [1.29, 1.82) is 10.8 Å². The fourth-order valence-corrected chi connectivity index (χ4v) is 3.77. The van der Waals surface area contributed by atoms with Crippen molar-refractivity contribution in [3.8, 4) is 23.1 Å². The molecule has 1 amide bonds. The van der Waals surface area contributed by atoms with Crippen molar-refractivity contribution in [3.05, 3.63) is 114 Å². The first-order valence-electron chi connectivity index (χ1n) is 12.3. The first kappa shape index (κ1) is 27.6. The van der Waals surface area contributed by atoms with Crippen LogP contribution < -0.4 is 15.4 Å². The van der Waals surface area contributed by atoms with Gasteiger partial charge in [-0.25, -0.2) is 10.5 Å². The molecule has 0 aliphatic rings. The van der Waals surface area contributed by atoms with Gasteiger partial charge in [-0.15, -0.1) is 0 Å². The standard InChI is InChI=1S/C30H27N7O3/c1-39-19-25-10-6-9-24(34-25)17-33-18-28(37-32)23-14-27(22-8-5-7-21(13-22)16-31)35-29(15-23)36-30(38)20-40-26-11-3-2-4-12-26/h2-15,18,32-33H,17,19-20H2,1H3,(H,35,36,38)/b28-18-,37-32?. The number of carbonyl (C=O) groups excluding carboxylic acids is 1. The van der Waals surface area contributed by atoms with Gasteiger partial charge in [-0.05, 0) is 48.5 Å². The summed E-state index contributed by atoms with van der Waals surface area (Å²) >= 11 is 0. The Morgan fingerprint density at radius 1 is 1.02 bits per heavy atom. The first-order chi connectivity index (χ1) is 19.6. The minimum atomic E-state index is -0.404. The van der Waals surface area contributed by atoms with Gasteiger partial charge < -0.3 is 20.1 Å². The van der Waals surface area contributed by atoms with Crippen molar-refractivity contribution in [2.75, 3.05) is 19.0 Å². The molecule has 0 fully saturated rings. The van der Waals surface area contributed by atoms with Gasteiger partial charge in [-0.1, -0.05) is 36.4 Å². The third-order valence-corrected chi connectivity index (χ3v) is 5.59. The second-order valence-electron chi connectivity index (χ2n) is 8.54. The monoisotopic (exact) mass is 533 g/mol. The predicted molar refractivity (Wildman–Crippen MR) is 150 cm³/mol. The summed E-state index contributed by atoms with van der Waals surface area (Å²) in [6.45, 7) is 0.602. The Balaban J connectivity index is 1.58. The molecule has 3 N–H and O–H groups in total. The minimum Gasteiger partial charge on any atom is -0.484 e. The van der Waals surface area contributed by atoms with E-state index < -0.39 is 5.91 Å². The van der Waals surface area contributed by atoms with Crippen molar-refractivity contribution in [3.63, 3.8) is 0 Å². The molecular weight excluding hydrogens is 506 g/mol. The lowest BCUT2D eigenvalue weighted by molar-refractivity contribution is -0.118. The van der Waals surface area contributed by atoms with Crippen LogP contribution in [-0.4, -0.2) is 29.6 Å². The number of hydrogen-bond acceptors (Lipinski definition) is 9. The van der Waals surface area contributed by atoms with Crippen molar-refractivity contribution >= 4 is 17.4 Å². The van der Waals surface area contributed by atoms with Crippen LogP contribution in [0.2, 0.25) is 0 Å². The Hall–Kier alpha value is -5.40. The number of para-hydroxylation sites is 1. The van der Waals surface area contributed by atoms with Gasteiger partial charge in [-0.3, -0.25) is 9.78 Å². The number of methoxy groups -OCH3 is 1. The number of pyridine rings is 2. The summed E-state index contributed by atoms with van der Waals surface area (Å²) in [6, 6.07) is 27.1. The number of hydrogen-bond donors (Lipinski definition) is 3. The Labute approximate surface area is 231 Å². The van der Waals surface area contributed by atoms with Gasteiger partial charge in [0.15, 0.2) is 6.61 Å². The Morgan fingerprint density at radius 2 is 1.82 bits per heavy atom. The van der Waals surface area contributed by atoms with Crippen LogP contribution in [0.1, 0.15) is 22.5 Å². The highest BCUT2D eigenvalue weighted by molar-refractivity contribution is 5.92. The number of nitrogens with zero attached hydrogens (tertiary/aromatic N) is 4. The number of nitriles is 1. The molecule has 10 heteroatoms. The number of carbonyl (C=O) groups is 1. The molecule has 2 heterocycles. The topological polar surface area (TPSA) is 145 Å². The highest BCUT2D eigenvalue weighted by atomic mass is 16.5. The van der Waals surface area contributed by atoms with Crippen LogP contribution >= 0.6 is 0 Å². The van der Waals surface area contributed by atoms with Gasteiger partial charge >= 0.3 is 0 Å². The van der Waals surface area contributed by atoms with Crippen LogP contribution in [0.5, 0.6) is 5.75 Å². The maximum Gasteiger partial charge on any atom is 0.263 e. The van der Waals surface area contributed by atoms with E-state index in [0.29, 0.717) is 47.0 Å². The van der Waals surface area contributed by atoms with Crippen molar-refractivity contribution in [2.45, 2.75) is 13.2 Å². The van der Waals surface area contributed by atoms with E-state index in [4.69, 9.17) is 15.0 Å². The second kappa shape index (κ2) is 13.9. The van der Waals surface area contributed by atoms with E-state index in [9.17, 15) is 10.1 Å². The maximum absolute atomic E-state index is 12.7. The molecule has 4 rings (SSSR count). The number of amides is 1. The van der Waals surface area contributed by atoms with Gasteiger partial charge in [0.05, 0.1) is 41.9 Å². The van der Waals surface area contributed by atoms with Crippen molar-refractivity contribution < 1.29 is 14.3 Å². The Morgan fingerprint density at radius 3 is 2.60 bits per heavy atom. The lowest BCUT2D eigenvalue weighted by atomic mass is 10.1. The first-order valence-corrected chi connectivity index (χ1v) is 12.3. The normalized spacial score (nSPS) is 10.8. The third-order valence-electron chi connectivity index (χ3n) is 5.59. The average molecular weight is 534 g/mol. The van der Waals surface area contributed by atoms with Crippen LogP contribution in [0.3, 0.4) is 0 Å². The zero-order valence-electron chi connectivity index (χ0n) is 21.8. The molecule has 10 nitrogen and oxygen atoms in total. The van der Waals surface area contributed by atoms with Gasteiger partial charge in [0, 0.05) is 24.4 Å². The van der Waals surface area contributed by atoms with Crippen molar-refractivity contribution in [2.24, 2.45) is 5.11 Å². The Bertz CT molecular complexity index is 1550. The van der Waals surface area contributed by atoms with Gasteiger partial charge in [0.25, 0.3) is 5.91 Å². The van der Waals surface area contributed by atoms with Crippen LogP contribution in [0.4, 0.5) is 5.82 Å². The molecule has 0 saturated carbocycles. The van der Waals surface area contributed by atoms with Crippen LogP contribution in [0, 0.1) is 16.9 Å². The molecule has 0 bridgehead atoms. The number of aromatic nitrogens is 2. The third kappa shape index (κ3) is 7.80. The predicted octanol–water partition coefficient (Wildman–Crippen LogP) is 5.30. The maximum atomic E-state index is 12.7. The van der Waals surface area contributed by atoms with Crippen LogP contribution in [0.15, 0.2) is 96.2 Å². The van der Waals surface area contributed by atoms with E-state index in [1.807, 2.05) is 42.5 Å². The zero-order valence-corrected chi connectivity index (χ0v) is 21.8. The second-order valence-corrected chi connectivity index (χ2v) is 8.54. The van der Waals surface area contributed by atoms with E-state index in [0.717, 1.165) is 11.4 Å². The van der Waals surface area contributed by atoms with Crippen LogP contribution in [0.25, 0.3) is 17.0 Å². The molecule has 0 atom stereocenters. The van der Waals surface area contributed by atoms with Crippen LogP contribution in [-0.2, 0) is 22.7 Å². The summed E-state index contributed by atoms with van der Waals surface area (Å²) in [5.41, 5.74) is 11.9. The van der Waals surface area contributed by atoms with Crippen molar-refractivity contribution in [1.82, 2.24) is 15.3 Å². The fraction of sp³-hybridized carbons (Fsp3) is 0.133. The molecule has 0 aliphatic heterocycles. The van der Waals surface area contributed by atoms with E-state index in [1.54, 1.807) is 55.8 Å². The number of benzene rings is 2. The number of rotatable bonds is 12. The zero-order chi connectivity index (χ0) is 28.2. The largest absolute Gasteiger partial charge is 0.484 e. The molecular formula is C30H27N7O3. The molecule has 4 aromatic rings. The van der Waals surface area contributed by atoms with E-state index in [1.165, 1.54) is 0 Å². The molecule has 40 heavy (non-hydrogen) atoms.